The molecule has 206 valence electrons. The van der Waals surface area contributed by atoms with Crippen LogP contribution in [0.4, 0.5) is 8.78 Å². The Kier molecular flexibility index (Phi) is 13.4. The summed E-state index contributed by atoms with van der Waals surface area (Å²) in [7, 11) is 0. The van der Waals surface area contributed by atoms with E-state index in [9.17, 15) is 13.6 Å². The molecule has 0 aliphatic heterocycles. The van der Waals surface area contributed by atoms with Crippen molar-refractivity contribution in [1.82, 2.24) is 10.3 Å². The molecular weight excluding hydrogens is 502 g/mol. The van der Waals surface area contributed by atoms with E-state index in [4.69, 9.17) is 9.53 Å². The predicted molar refractivity (Wildman–Crippen MR) is 149 cm³/mol. The molecule has 7 nitrogen and oxygen atoms in total. The van der Waals surface area contributed by atoms with E-state index in [0.29, 0.717) is 24.5 Å². The highest BCUT2D eigenvalue weighted by Gasteiger charge is 2.14. The quantitative estimate of drug-likeness (QED) is 0.178. The third-order valence-corrected chi connectivity index (χ3v) is 5.62. The van der Waals surface area contributed by atoms with E-state index in [0.717, 1.165) is 24.0 Å². The van der Waals surface area contributed by atoms with Gasteiger partial charge in [0.1, 0.15) is 29.7 Å². The normalized spacial score (nSPS) is 11.2. The summed E-state index contributed by atoms with van der Waals surface area (Å²) in [6.07, 6.45) is 5.69. The Morgan fingerprint density at radius 1 is 1.00 bits per heavy atom. The summed E-state index contributed by atoms with van der Waals surface area (Å²) < 4.78 is 32.2. The van der Waals surface area contributed by atoms with Crippen molar-refractivity contribution in [2.45, 2.75) is 26.2 Å². The predicted octanol–water partition coefficient (Wildman–Crippen LogP) is 5.22. The summed E-state index contributed by atoms with van der Waals surface area (Å²) in [5.74, 6) is 0.665. The highest BCUT2D eigenvalue weighted by atomic mass is 19.1. The Morgan fingerprint density at radius 3 is 2.05 bits per heavy atom. The molecule has 39 heavy (non-hydrogen) atoms. The van der Waals surface area contributed by atoms with Gasteiger partial charge in [0, 0.05) is 19.0 Å². The molecule has 0 spiro atoms. The molecule has 1 atom stereocenters. The molecule has 0 aliphatic carbocycles. The average Bonchev–Trinajstić information content (AvgIpc) is 2.93. The van der Waals surface area contributed by atoms with Gasteiger partial charge in [-0.25, -0.2) is 8.78 Å². The molecule has 0 aliphatic rings. The second kappa shape index (κ2) is 17.1. The molecule has 0 heterocycles. The van der Waals surface area contributed by atoms with Crippen molar-refractivity contribution in [3.8, 4) is 11.5 Å². The summed E-state index contributed by atoms with van der Waals surface area (Å²) in [5, 5.41) is 8.53. The van der Waals surface area contributed by atoms with Crippen LogP contribution in [0.1, 0.15) is 24.5 Å². The van der Waals surface area contributed by atoms with Crippen LogP contribution in [0.15, 0.2) is 90.7 Å². The van der Waals surface area contributed by atoms with Crippen molar-refractivity contribution in [1.29, 1.82) is 0 Å². The molecule has 0 unspecified atom stereocenters. The smallest absolute Gasteiger partial charge is 0.241 e. The van der Waals surface area contributed by atoms with E-state index in [1.807, 2.05) is 24.3 Å². The number of amides is 2. The fourth-order valence-corrected chi connectivity index (χ4v) is 3.73. The van der Waals surface area contributed by atoms with E-state index >= 15 is 0 Å². The molecule has 2 amide bonds. The largest absolute Gasteiger partial charge is 0.457 e. The molecule has 3 N–H and O–H groups in total. The number of hydrazone groups is 1. The Balaban J connectivity index is 0.00000170. The third-order valence-electron chi connectivity index (χ3n) is 5.62. The summed E-state index contributed by atoms with van der Waals surface area (Å²) >= 11 is 0. The van der Waals surface area contributed by atoms with Crippen LogP contribution in [0.5, 0.6) is 11.5 Å². The maximum atomic E-state index is 13.3. The first-order valence-electron chi connectivity index (χ1n) is 12.4. The van der Waals surface area contributed by atoms with Crippen LogP contribution in [0, 0.1) is 17.6 Å². The molecule has 0 bridgehead atoms. The number of hydrogen-bond acceptors (Lipinski definition) is 5. The van der Waals surface area contributed by atoms with Gasteiger partial charge in [-0.3, -0.25) is 14.6 Å². The maximum absolute atomic E-state index is 13.3. The number of nitrogens with zero attached hydrogens (tertiary/aromatic N) is 2. The minimum Gasteiger partial charge on any atom is -0.457 e. The monoisotopic (exact) mass is 536 g/mol. The van der Waals surface area contributed by atoms with Gasteiger partial charge in [-0.1, -0.05) is 30.8 Å². The van der Waals surface area contributed by atoms with Crippen LogP contribution >= 0.6 is 0 Å². The molecule has 0 aromatic heterocycles. The Hall–Kier alpha value is -4.53. The van der Waals surface area contributed by atoms with Crippen molar-refractivity contribution in [3.63, 3.8) is 0 Å². The van der Waals surface area contributed by atoms with E-state index in [1.54, 1.807) is 37.4 Å². The number of carbonyl (C=O) groups is 2. The van der Waals surface area contributed by atoms with Gasteiger partial charge >= 0.3 is 0 Å². The van der Waals surface area contributed by atoms with Crippen LogP contribution in [0.2, 0.25) is 0 Å². The minimum absolute atomic E-state index is 0.0899. The van der Waals surface area contributed by atoms with E-state index < -0.39 is 0 Å². The SMILES string of the molecule is C=CN(CC(=O)NC[C@H](CCc1ccc(Oc2ccc(F)cc2)cc1)Cc1ccc(F)cc1)/N=C\C.NC=O. The average molecular weight is 537 g/mol. The van der Waals surface area contributed by atoms with Crippen molar-refractivity contribution in [2.75, 3.05) is 13.1 Å². The summed E-state index contributed by atoms with van der Waals surface area (Å²) in [6.45, 7) is 6.02. The third kappa shape index (κ3) is 12.0. The summed E-state index contributed by atoms with van der Waals surface area (Å²) in [4.78, 5) is 21.0. The van der Waals surface area contributed by atoms with Gasteiger partial charge in [0.15, 0.2) is 0 Å². The van der Waals surface area contributed by atoms with Crippen LogP contribution in [-0.4, -0.2) is 36.6 Å². The molecule has 0 saturated heterocycles. The maximum Gasteiger partial charge on any atom is 0.241 e. The summed E-state index contributed by atoms with van der Waals surface area (Å²) in [6, 6.07) is 20.1. The number of nitrogens with two attached hydrogens (primary N) is 1. The number of ether oxygens (including phenoxy) is 1. The highest BCUT2D eigenvalue weighted by Crippen LogP contribution is 2.23. The lowest BCUT2D eigenvalue weighted by atomic mass is 9.92. The molecule has 3 rings (SSSR count). The van der Waals surface area contributed by atoms with Gasteiger partial charge in [0.2, 0.25) is 12.3 Å². The van der Waals surface area contributed by atoms with Crippen LogP contribution in [0.3, 0.4) is 0 Å². The first kappa shape index (κ1) is 30.7. The number of hydrogen-bond donors (Lipinski definition) is 2. The first-order valence-corrected chi connectivity index (χ1v) is 12.4. The number of benzene rings is 3. The number of halogens is 2. The van der Waals surface area contributed by atoms with Gasteiger partial charge < -0.3 is 15.8 Å². The molecule has 3 aromatic rings. The fourth-order valence-electron chi connectivity index (χ4n) is 3.73. The lowest BCUT2D eigenvalue weighted by molar-refractivity contribution is -0.121. The zero-order chi connectivity index (χ0) is 28.5. The highest BCUT2D eigenvalue weighted by molar-refractivity contribution is 5.78. The van der Waals surface area contributed by atoms with Crippen molar-refractivity contribution in [3.05, 3.63) is 108 Å². The number of nitrogens with one attached hydrogen (secondary N) is 1. The molecule has 0 fully saturated rings. The number of carbonyl (C=O) groups excluding carboxylic acids is 2. The summed E-state index contributed by atoms with van der Waals surface area (Å²) in [5.41, 5.74) is 6.31. The lowest BCUT2D eigenvalue weighted by Crippen LogP contribution is -2.36. The van der Waals surface area contributed by atoms with Crippen LogP contribution in [0.25, 0.3) is 0 Å². The van der Waals surface area contributed by atoms with E-state index in [2.05, 4.69) is 22.7 Å². The van der Waals surface area contributed by atoms with Crippen molar-refractivity contribution in [2.24, 2.45) is 16.8 Å². The Labute approximate surface area is 228 Å². The van der Waals surface area contributed by atoms with Gasteiger partial charge in [-0.15, -0.1) is 0 Å². The molecule has 3 aromatic carbocycles. The zero-order valence-electron chi connectivity index (χ0n) is 21.9. The first-order chi connectivity index (χ1) is 18.9. The van der Waals surface area contributed by atoms with Gasteiger partial charge in [0.05, 0.1) is 0 Å². The van der Waals surface area contributed by atoms with Gasteiger partial charge in [-0.05, 0) is 91.8 Å². The Bertz CT molecular complexity index is 1180. The van der Waals surface area contributed by atoms with Crippen molar-refractivity contribution < 1.29 is 23.1 Å². The second-order valence-corrected chi connectivity index (χ2v) is 8.53. The minimum atomic E-state index is -0.309. The molecule has 9 heteroatoms. The van der Waals surface area contributed by atoms with Gasteiger partial charge in [0.25, 0.3) is 0 Å². The number of aryl methyl sites for hydroxylation is 1. The van der Waals surface area contributed by atoms with Crippen LogP contribution in [-0.2, 0) is 22.4 Å². The second-order valence-electron chi connectivity index (χ2n) is 8.53. The fraction of sp³-hybridized carbons (Fsp3) is 0.233. The lowest BCUT2D eigenvalue weighted by Gasteiger charge is -2.19. The van der Waals surface area contributed by atoms with E-state index in [1.165, 1.54) is 35.5 Å². The molecular formula is C30H34F2N4O3. The number of primary amides is 1. The zero-order valence-corrected chi connectivity index (χ0v) is 21.9. The van der Waals surface area contributed by atoms with Crippen LogP contribution < -0.4 is 15.8 Å². The van der Waals surface area contributed by atoms with Crippen molar-refractivity contribution >= 4 is 18.5 Å². The number of rotatable bonds is 13. The van der Waals surface area contributed by atoms with Gasteiger partial charge in [-0.2, -0.15) is 5.10 Å². The standard InChI is InChI=1S/C29H31F2N3O2.CH3NO/c1-3-33-34(4-2)21-29(35)32-20-24(19-23-7-11-25(30)12-8-23)6-5-22-9-15-27(16-10-22)36-28-17-13-26(31)14-18-28;2-1-3/h3-4,7-18,24H,2,5-6,19-21H2,1H3,(H,32,35);1H,(H2,2,3)/b33-3-;/t24-;/m1./s1. The van der Waals surface area contributed by atoms with E-state index in [-0.39, 0.29) is 36.4 Å². The molecule has 0 saturated carbocycles. The Morgan fingerprint density at radius 2 is 1.51 bits per heavy atom. The molecule has 0 radical (unpaired) electrons. The topological polar surface area (TPSA) is 97.0 Å².